The summed E-state index contributed by atoms with van der Waals surface area (Å²) in [6, 6.07) is 8.92. The highest BCUT2D eigenvalue weighted by molar-refractivity contribution is 7.92. The monoisotopic (exact) mass is 547 g/mol. The van der Waals surface area contributed by atoms with Crippen molar-refractivity contribution < 1.29 is 31.2 Å². The molecular weight excluding hydrogens is 519 g/mol. The van der Waals surface area contributed by atoms with Crippen LogP contribution in [0.3, 0.4) is 0 Å². The van der Waals surface area contributed by atoms with Crippen molar-refractivity contribution in [2.45, 2.75) is 46.0 Å². The largest absolute Gasteiger partial charge is 0.417 e. The molecule has 36 heavy (non-hydrogen) atoms. The molecule has 0 radical (unpaired) electrons. The van der Waals surface area contributed by atoms with Gasteiger partial charge in [-0.1, -0.05) is 48.4 Å². The van der Waals surface area contributed by atoms with Crippen LogP contribution in [0.5, 0.6) is 0 Å². The minimum atomic E-state index is -4.83. The van der Waals surface area contributed by atoms with Crippen LogP contribution in [0, 0.1) is 6.92 Å². The number of alkyl halides is 3. The fraction of sp³-hybridized carbons (Fsp3) is 0.417. The lowest BCUT2D eigenvalue weighted by atomic mass is 10.1. The average Bonchev–Trinajstić information content (AvgIpc) is 2.77. The lowest BCUT2D eigenvalue weighted by Crippen LogP contribution is -2.52. The number of amides is 2. The van der Waals surface area contributed by atoms with E-state index < -0.39 is 51.2 Å². The fourth-order valence-electron chi connectivity index (χ4n) is 3.60. The van der Waals surface area contributed by atoms with Crippen molar-refractivity contribution in [3.63, 3.8) is 0 Å². The number of anilines is 1. The van der Waals surface area contributed by atoms with Gasteiger partial charge in [0.15, 0.2) is 0 Å². The summed E-state index contributed by atoms with van der Waals surface area (Å²) in [5.41, 5.74) is 0.0873. The zero-order chi connectivity index (χ0) is 27.3. The number of hydrogen-bond acceptors (Lipinski definition) is 4. The number of carbonyl (C=O) groups excluding carboxylic acids is 2. The third kappa shape index (κ3) is 7.60. The quantitative estimate of drug-likeness (QED) is 0.478. The number of halogens is 4. The number of likely N-dealkylation sites (N-methyl/N-ethyl adjacent to an activating group) is 1. The lowest BCUT2D eigenvalue weighted by molar-refractivity contribution is -0.140. The summed E-state index contributed by atoms with van der Waals surface area (Å²) in [7, 11) is -4.19. The van der Waals surface area contributed by atoms with E-state index in [4.69, 9.17) is 11.6 Å². The highest BCUT2D eigenvalue weighted by Crippen LogP contribution is 2.37. The minimum Gasteiger partial charge on any atom is -0.355 e. The molecule has 0 spiro atoms. The molecular formula is C24H29ClF3N3O4S. The number of nitrogens with zero attached hydrogens (tertiary/aromatic N) is 2. The van der Waals surface area contributed by atoms with Crippen LogP contribution in [0.25, 0.3) is 0 Å². The Labute approximate surface area is 214 Å². The van der Waals surface area contributed by atoms with Crippen LogP contribution >= 0.6 is 11.6 Å². The third-order valence-corrected chi connectivity index (χ3v) is 6.90. The summed E-state index contributed by atoms with van der Waals surface area (Å²) in [6.07, 6.45) is -3.81. The number of benzene rings is 2. The predicted molar refractivity (Wildman–Crippen MR) is 133 cm³/mol. The molecule has 0 fully saturated rings. The number of hydrogen-bond donors (Lipinski definition) is 1. The average molecular weight is 548 g/mol. The number of rotatable bonds is 10. The van der Waals surface area contributed by atoms with Gasteiger partial charge in [-0.05, 0) is 44.0 Å². The molecule has 1 atom stereocenters. The molecule has 0 saturated heterocycles. The van der Waals surface area contributed by atoms with Gasteiger partial charge < -0.3 is 10.2 Å². The van der Waals surface area contributed by atoms with Crippen molar-refractivity contribution >= 4 is 39.1 Å². The first-order valence-electron chi connectivity index (χ1n) is 11.2. The van der Waals surface area contributed by atoms with Crippen molar-refractivity contribution in [2.24, 2.45) is 0 Å². The summed E-state index contributed by atoms with van der Waals surface area (Å²) in [6.45, 7) is 4.84. The van der Waals surface area contributed by atoms with Crippen molar-refractivity contribution in [2.75, 3.05) is 23.7 Å². The Balaban J connectivity index is 2.51. The van der Waals surface area contributed by atoms with E-state index in [-0.39, 0.29) is 18.7 Å². The standard InChI is InChI=1S/C24H29ClF3N3O4S/c1-5-21(23(33)29-6-2)30(14-17-9-7-16(3)8-10-17)22(32)15-31(36(4,34)35)18-11-12-20(25)19(13-18)24(26,27)28/h7-13,21H,5-6,14-15H2,1-4H3,(H,29,33). The molecule has 0 saturated carbocycles. The van der Waals surface area contributed by atoms with Crippen molar-refractivity contribution in [3.05, 3.63) is 64.2 Å². The predicted octanol–water partition coefficient (Wildman–Crippen LogP) is 4.38. The molecule has 0 aliphatic heterocycles. The van der Waals surface area contributed by atoms with Gasteiger partial charge in [0.25, 0.3) is 0 Å². The van der Waals surface area contributed by atoms with E-state index in [1.165, 1.54) is 4.90 Å². The Morgan fingerprint density at radius 1 is 1.08 bits per heavy atom. The Kier molecular flexibility index (Phi) is 9.78. The maximum atomic E-state index is 13.5. The van der Waals surface area contributed by atoms with Gasteiger partial charge in [-0.15, -0.1) is 0 Å². The summed E-state index contributed by atoms with van der Waals surface area (Å²) < 4.78 is 65.9. The third-order valence-electron chi connectivity index (χ3n) is 5.43. The highest BCUT2D eigenvalue weighted by atomic mass is 35.5. The van der Waals surface area contributed by atoms with Crippen molar-refractivity contribution in [1.82, 2.24) is 10.2 Å². The first-order valence-corrected chi connectivity index (χ1v) is 13.4. The van der Waals surface area contributed by atoms with E-state index in [0.29, 0.717) is 22.5 Å². The van der Waals surface area contributed by atoms with Gasteiger partial charge in [0.1, 0.15) is 12.6 Å². The molecule has 1 N–H and O–H groups in total. The van der Waals surface area contributed by atoms with Gasteiger partial charge in [-0.25, -0.2) is 8.42 Å². The molecule has 0 heterocycles. The highest BCUT2D eigenvalue weighted by Gasteiger charge is 2.36. The fourth-order valence-corrected chi connectivity index (χ4v) is 4.67. The Bertz CT molecular complexity index is 1190. The Hall–Kier alpha value is -2.79. The first-order chi connectivity index (χ1) is 16.7. The van der Waals surface area contributed by atoms with Crippen molar-refractivity contribution in [1.29, 1.82) is 0 Å². The molecule has 0 bridgehead atoms. The molecule has 7 nitrogen and oxygen atoms in total. The van der Waals surface area contributed by atoms with E-state index in [0.717, 1.165) is 24.0 Å². The topological polar surface area (TPSA) is 86.8 Å². The second-order valence-electron chi connectivity index (χ2n) is 8.26. The van der Waals surface area contributed by atoms with Gasteiger partial charge in [-0.3, -0.25) is 13.9 Å². The van der Waals surface area contributed by atoms with Crippen LogP contribution in [-0.4, -0.2) is 50.5 Å². The van der Waals surface area contributed by atoms with Crippen LogP contribution < -0.4 is 9.62 Å². The van der Waals surface area contributed by atoms with E-state index in [9.17, 15) is 31.2 Å². The van der Waals surface area contributed by atoms with E-state index in [1.807, 2.05) is 19.1 Å². The van der Waals surface area contributed by atoms with Crippen LogP contribution in [-0.2, 0) is 32.3 Å². The summed E-state index contributed by atoms with van der Waals surface area (Å²) in [5, 5.41) is 2.07. The molecule has 2 aromatic rings. The van der Waals surface area contributed by atoms with Gasteiger partial charge in [0.05, 0.1) is 22.5 Å². The maximum Gasteiger partial charge on any atom is 0.417 e. The molecule has 12 heteroatoms. The van der Waals surface area contributed by atoms with E-state index in [1.54, 1.807) is 26.0 Å². The molecule has 1 unspecified atom stereocenters. The normalized spacial score (nSPS) is 12.7. The Morgan fingerprint density at radius 2 is 1.69 bits per heavy atom. The second kappa shape index (κ2) is 12.0. The van der Waals surface area contributed by atoms with Crippen LogP contribution in [0.2, 0.25) is 5.02 Å². The molecule has 198 valence electrons. The van der Waals surface area contributed by atoms with Gasteiger partial charge in [0.2, 0.25) is 21.8 Å². The molecule has 2 rings (SSSR count). The summed E-state index contributed by atoms with van der Waals surface area (Å²) in [4.78, 5) is 27.5. The Morgan fingerprint density at radius 3 is 2.19 bits per heavy atom. The number of sulfonamides is 1. The van der Waals surface area contributed by atoms with E-state index in [2.05, 4.69) is 5.32 Å². The molecule has 0 aliphatic carbocycles. The lowest BCUT2D eigenvalue weighted by Gasteiger charge is -2.33. The number of nitrogens with one attached hydrogen (secondary N) is 1. The summed E-state index contributed by atoms with van der Waals surface area (Å²) >= 11 is 5.67. The number of aryl methyl sites for hydroxylation is 1. The van der Waals surface area contributed by atoms with Crippen LogP contribution in [0.4, 0.5) is 18.9 Å². The zero-order valence-electron chi connectivity index (χ0n) is 20.4. The van der Waals surface area contributed by atoms with Crippen LogP contribution in [0.15, 0.2) is 42.5 Å². The second-order valence-corrected chi connectivity index (χ2v) is 10.6. The first kappa shape index (κ1) is 29.4. The van der Waals surface area contributed by atoms with E-state index >= 15 is 0 Å². The molecule has 0 aromatic heterocycles. The van der Waals surface area contributed by atoms with Gasteiger partial charge >= 0.3 is 6.18 Å². The minimum absolute atomic E-state index is 0.000769. The zero-order valence-corrected chi connectivity index (χ0v) is 22.0. The number of carbonyl (C=O) groups is 2. The van der Waals surface area contributed by atoms with Gasteiger partial charge in [0, 0.05) is 13.1 Å². The molecule has 0 aliphatic rings. The molecule has 2 amide bonds. The van der Waals surface area contributed by atoms with Crippen molar-refractivity contribution in [3.8, 4) is 0 Å². The SMILES string of the molecule is CCNC(=O)C(CC)N(Cc1ccc(C)cc1)C(=O)CN(c1ccc(Cl)c(C(F)(F)F)c1)S(C)(=O)=O. The smallest absolute Gasteiger partial charge is 0.355 e. The summed E-state index contributed by atoms with van der Waals surface area (Å²) in [5.74, 6) is -1.17. The maximum absolute atomic E-state index is 13.5. The van der Waals surface area contributed by atoms with Crippen LogP contribution in [0.1, 0.15) is 37.0 Å². The van der Waals surface area contributed by atoms with Gasteiger partial charge in [-0.2, -0.15) is 13.2 Å². The molecule has 2 aromatic carbocycles.